The van der Waals surface area contributed by atoms with Crippen LogP contribution in [0.25, 0.3) is 0 Å². The molecule has 3 amide bonds. The molecule has 0 aliphatic carbocycles. The Morgan fingerprint density at radius 1 is 1.06 bits per heavy atom. The molecule has 3 aromatic rings. The number of amides is 3. The molecule has 1 saturated heterocycles. The number of anilines is 2. The minimum Gasteiger partial charge on any atom is -0.484 e. The van der Waals surface area contributed by atoms with Crippen LogP contribution >= 0.6 is 0 Å². The van der Waals surface area contributed by atoms with Crippen LogP contribution in [-0.2, 0) is 20.9 Å². The Hall–Kier alpha value is -4.07. The standard InChI is InChI=1S/C26H27N3O5/c1-17-5-3-6-18(2)25(17)28-23(30)16-34-21-10-8-20(9-11-21)29-15-19(13-24(29)31)26(32)27-14-22-7-4-12-33-22/h3-12,19H,13-16H2,1-2H3,(H,27,32)(H,28,30)/t19-/m1/s1. The third-order valence-electron chi connectivity index (χ3n) is 5.78. The molecule has 1 aromatic heterocycles. The minimum atomic E-state index is -0.424. The lowest BCUT2D eigenvalue weighted by molar-refractivity contribution is -0.126. The maximum atomic E-state index is 12.5. The zero-order valence-electron chi connectivity index (χ0n) is 19.2. The van der Waals surface area contributed by atoms with E-state index in [1.54, 1.807) is 47.6 Å². The van der Waals surface area contributed by atoms with Crippen molar-refractivity contribution in [3.63, 3.8) is 0 Å². The molecule has 1 aliphatic rings. The Kier molecular flexibility index (Phi) is 6.96. The second-order valence-electron chi connectivity index (χ2n) is 8.30. The third kappa shape index (κ3) is 5.46. The van der Waals surface area contributed by atoms with E-state index in [2.05, 4.69) is 10.6 Å². The first-order valence-corrected chi connectivity index (χ1v) is 11.1. The highest BCUT2D eigenvalue weighted by Crippen LogP contribution is 2.27. The molecule has 1 aliphatic heterocycles. The monoisotopic (exact) mass is 461 g/mol. The lowest BCUT2D eigenvalue weighted by Gasteiger charge is -2.17. The van der Waals surface area contributed by atoms with Crippen LogP contribution in [0.2, 0.25) is 0 Å². The largest absolute Gasteiger partial charge is 0.484 e. The first-order chi connectivity index (χ1) is 16.4. The van der Waals surface area contributed by atoms with Crippen LogP contribution < -0.4 is 20.3 Å². The summed E-state index contributed by atoms with van der Waals surface area (Å²) in [4.78, 5) is 38.8. The van der Waals surface area contributed by atoms with Crippen molar-refractivity contribution in [3.8, 4) is 5.75 Å². The fourth-order valence-corrected chi connectivity index (χ4v) is 3.92. The van der Waals surface area contributed by atoms with Gasteiger partial charge in [0.1, 0.15) is 11.5 Å². The molecule has 8 nitrogen and oxygen atoms in total. The molecular weight excluding hydrogens is 434 g/mol. The molecule has 34 heavy (non-hydrogen) atoms. The third-order valence-corrected chi connectivity index (χ3v) is 5.78. The van der Waals surface area contributed by atoms with Crippen molar-refractivity contribution in [2.75, 3.05) is 23.4 Å². The molecule has 1 fully saturated rings. The van der Waals surface area contributed by atoms with E-state index in [-0.39, 0.29) is 30.7 Å². The average Bonchev–Trinajstić information content (AvgIpc) is 3.49. The molecule has 0 radical (unpaired) electrons. The number of carbonyl (C=O) groups is 3. The Labute approximate surface area is 197 Å². The minimum absolute atomic E-state index is 0.111. The van der Waals surface area contributed by atoms with Gasteiger partial charge in [-0.05, 0) is 61.4 Å². The van der Waals surface area contributed by atoms with Gasteiger partial charge in [-0.2, -0.15) is 0 Å². The van der Waals surface area contributed by atoms with Gasteiger partial charge in [-0.1, -0.05) is 18.2 Å². The summed E-state index contributed by atoms with van der Waals surface area (Å²) in [5.41, 5.74) is 3.45. The molecule has 8 heteroatoms. The second kappa shape index (κ2) is 10.2. The van der Waals surface area contributed by atoms with Crippen LogP contribution in [0.1, 0.15) is 23.3 Å². The van der Waals surface area contributed by atoms with Gasteiger partial charge in [-0.25, -0.2) is 0 Å². The van der Waals surface area contributed by atoms with E-state index >= 15 is 0 Å². The summed E-state index contributed by atoms with van der Waals surface area (Å²) in [5, 5.41) is 5.70. The molecule has 1 atom stereocenters. The molecule has 2 N–H and O–H groups in total. The van der Waals surface area contributed by atoms with Gasteiger partial charge >= 0.3 is 0 Å². The topological polar surface area (TPSA) is 101 Å². The summed E-state index contributed by atoms with van der Waals surface area (Å²) in [6.07, 6.45) is 1.70. The SMILES string of the molecule is Cc1cccc(C)c1NC(=O)COc1ccc(N2C[C@H](C(=O)NCc3ccco3)CC2=O)cc1. The smallest absolute Gasteiger partial charge is 0.262 e. The summed E-state index contributed by atoms with van der Waals surface area (Å²) in [7, 11) is 0. The number of ether oxygens (including phenoxy) is 1. The highest BCUT2D eigenvalue weighted by molar-refractivity contribution is 6.00. The van der Waals surface area contributed by atoms with E-state index < -0.39 is 5.92 Å². The van der Waals surface area contributed by atoms with Crippen LogP contribution in [0.4, 0.5) is 11.4 Å². The van der Waals surface area contributed by atoms with Crippen LogP contribution in [0.3, 0.4) is 0 Å². The maximum Gasteiger partial charge on any atom is 0.262 e. The molecule has 4 rings (SSSR count). The molecule has 2 aromatic carbocycles. The number of nitrogens with zero attached hydrogens (tertiary/aromatic N) is 1. The summed E-state index contributed by atoms with van der Waals surface area (Å²) < 4.78 is 10.8. The fraction of sp³-hybridized carbons (Fsp3) is 0.269. The van der Waals surface area contributed by atoms with Gasteiger partial charge in [0.2, 0.25) is 11.8 Å². The average molecular weight is 462 g/mol. The van der Waals surface area contributed by atoms with E-state index in [1.165, 1.54) is 0 Å². The Bertz CT molecular complexity index is 1150. The van der Waals surface area contributed by atoms with E-state index in [1.807, 2.05) is 32.0 Å². The van der Waals surface area contributed by atoms with Crippen LogP contribution in [-0.4, -0.2) is 30.9 Å². The van der Waals surface area contributed by atoms with Crippen molar-refractivity contribution in [1.29, 1.82) is 0 Å². The van der Waals surface area contributed by atoms with E-state index in [4.69, 9.17) is 9.15 Å². The Morgan fingerprint density at radius 2 is 1.79 bits per heavy atom. The van der Waals surface area contributed by atoms with Crippen LogP contribution in [0.15, 0.2) is 65.3 Å². The summed E-state index contributed by atoms with van der Waals surface area (Å²) >= 11 is 0. The number of carbonyl (C=O) groups excluding carboxylic acids is 3. The zero-order chi connectivity index (χ0) is 24.1. The van der Waals surface area contributed by atoms with Crippen molar-refractivity contribution >= 4 is 29.1 Å². The molecule has 176 valence electrons. The van der Waals surface area contributed by atoms with Crippen molar-refractivity contribution in [2.24, 2.45) is 5.92 Å². The number of furan rings is 1. The molecule has 2 heterocycles. The van der Waals surface area contributed by atoms with Crippen LogP contribution in [0.5, 0.6) is 5.75 Å². The number of aryl methyl sites for hydroxylation is 2. The molecule has 0 unspecified atom stereocenters. The highest BCUT2D eigenvalue weighted by atomic mass is 16.5. The molecule has 0 spiro atoms. The molecule has 0 saturated carbocycles. The summed E-state index contributed by atoms with van der Waals surface area (Å²) in [6.45, 7) is 4.35. The quantitative estimate of drug-likeness (QED) is 0.534. The highest BCUT2D eigenvalue weighted by Gasteiger charge is 2.35. The van der Waals surface area contributed by atoms with Gasteiger partial charge in [0, 0.05) is 24.3 Å². The Morgan fingerprint density at radius 3 is 2.47 bits per heavy atom. The fourth-order valence-electron chi connectivity index (χ4n) is 3.92. The molecule has 0 bridgehead atoms. The van der Waals surface area contributed by atoms with Crippen molar-refractivity contribution in [3.05, 3.63) is 77.7 Å². The normalized spacial score (nSPS) is 15.3. The van der Waals surface area contributed by atoms with Gasteiger partial charge in [0.05, 0.1) is 18.7 Å². The maximum absolute atomic E-state index is 12.5. The zero-order valence-corrected chi connectivity index (χ0v) is 19.2. The van der Waals surface area contributed by atoms with Crippen molar-refractivity contribution in [2.45, 2.75) is 26.8 Å². The predicted molar refractivity (Wildman–Crippen MR) is 127 cm³/mol. The number of para-hydroxylation sites is 1. The van der Waals surface area contributed by atoms with E-state index in [0.717, 1.165) is 16.8 Å². The number of hydrogen-bond donors (Lipinski definition) is 2. The van der Waals surface area contributed by atoms with Gasteiger partial charge in [0.25, 0.3) is 5.91 Å². The number of benzene rings is 2. The lowest BCUT2D eigenvalue weighted by Crippen LogP contribution is -2.32. The number of hydrogen-bond acceptors (Lipinski definition) is 5. The number of nitrogens with one attached hydrogen (secondary N) is 2. The van der Waals surface area contributed by atoms with Crippen molar-refractivity contribution in [1.82, 2.24) is 5.32 Å². The van der Waals surface area contributed by atoms with Gasteiger partial charge in [-0.3, -0.25) is 14.4 Å². The summed E-state index contributed by atoms with van der Waals surface area (Å²) in [6, 6.07) is 16.3. The second-order valence-corrected chi connectivity index (χ2v) is 8.30. The van der Waals surface area contributed by atoms with Gasteiger partial charge < -0.3 is 24.7 Å². The summed E-state index contributed by atoms with van der Waals surface area (Å²) in [5.74, 6) is 0.209. The Balaban J connectivity index is 1.28. The first kappa shape index (κ1) is 23.1. The van der Waals surface area contributed by atoms with Crippen LogP contribution in [0, 0.1) is 19.8 Å². The first-order valence-electron chi connectivity index (χ1n) is 11.1. The predicted octanol–water partition coefficient (Wildman–Crippen LogP) is 3.58. The molecular formula is C26H27N3O5. The number of rotatable bonds is 8. The lowest BCUT2D eigenvalue weighted by atomic mass is 10.1. The van der Waals surface area contributed by atoms with E-state index in [9.17, 15) is 14.4 Å². The van der Waals surface area contributed by atoms with Gasteiger partial charge in [-0.15, -0.1) is 0 Å². The van der Waals surface area contributed by atoms with E-state index in [0.29, 0.717) is 30.3 Å². The van der Waals surface area contributed by atoms with Gasteiger partial charge in [0.15, 0.2) is 6.61 Å². The van der Waals surface area contributed by atoms with Crippen molar-refractivity contribution < 1.29 is 23.5 Å².